The van der Waals surface area contributed by atoms with Gasteiger partial charge in [-0.1, -0.05) is 31.7 Å². The maximum absolute atomic E-state index is 11.7. The van der Waals surface area contributed by atoms with E-state index >= 15 is 0 Å². The van der Waals surface area contributed by atoms with Crippen molar-refractivity contribution in [3.05, 3.63) is 54.4 Å². The molecule has 1 heterocycles. The van der Waals surface area contributed by atoms with Crippen LogP contribution < -0.4 is 9.47 Å². The lowest BCUT2D eigenvalue weighted by Gasteiger charge is -2.07. The summed E-state index contributed by atoms with van der Waals surface area (Å²) in [4.78, 5) is 15.6. The van der Waals surface area contributed by atoms with Crippen molar-refractivity contribution < 1.29 is 19.0 Å². The largest absolute Gasteiger partial charge is 0.497 e. The first-order chi connectivity index (χ1) is 12.8. The van der Waals surface area contributed by atoms with E-state index in [0.717, 1.165) is 56.6 Å². The number of nitrogens with zero attached hydrogens (tertiary/aromatic N) is 1. The minimum Gasteiger partial charge on any atom is -0.497 e. The van der Waals surface area contributed by atoms with Crippen LogP contribution in [0.4, 0.5) is 0 Å². The number of carbonyl (C=O) groups is 1. The monoisotopic (exact) mass is 357 g/mol. The van der Waals surface area contributed by atoms with E-state index in [1.165, 1.54) is 6.20 Å². The molecule has 0 aliphatic rings. The summed E-state index contributed by atoms with van der Waals surface area (Å²) < 4.78 is 16.1. The number of rotatable bonds is 12. The number of hydrogen-bond donors (Lipinski definition) is 0. The molecule has 0 amide bonds. The minimum atomic E-state index is -0.298. The number of pyridine rings is 1. The highest BCUT2D eigenvalue weighted by Crippen LogP contribution is 2.19. The van der Waals surface area contributed by atoms with Crippen molar-refractivity contribution in [2.24, 2.45) is 0 Å². The molecule has 0 aliphatic carbocycles. The van der Waals surface area contributed by atoms with Crippen LogP contribution in [-0.4, -0.2) is 31.3 Å². The SMILES string of the molecule is COc1cccc(OCCCCCCCCOC(=O)c2cccnc2)c1. The topological polar surface area (TPSA) is 57.7 Å². The molecule has 0 saturated heterocycles. The fourth-order valence-corrected chi connectivity index (χ4v) is 2.52. The Morgan fingerprint density at radius 1 is 0.923 bits per heavy atom. The molecule has 5 nitrogen and oxygen atoms in total. The van der Waals surface area contributed by atoms with Crippen LogP contribution in [-0.2, 0) is 4.74 Å². The average molecular weight is 357 g/mol. The van der Waals surface area contributed by atoms with E-state index in [9.17, 15) is 4.79 Å². The summed E-state index contributed by atoms with van der Waals surface area (Å²) in [5.41, 5.74) is 0.503. The lowest BCUT2D eigenvalue weighted by molar-refractivity contribution is 0.0497. The molecule has 0 fully saturated rings. The van der Waals surface area contributed by atoms with E-state index in [2.05, 4.69) is 4.98 Å². The zero-order valence-corrected chi connectivity index (χ0v) is 15.4. The molecule has 1 aromatic heterocycles. The lowest BCUT2D eigenvalue weighted by Crippen LogP contribution is -2.06. The van der Waals surface area contributed by atoms with Gasteiger partial charge in [-0.25, -0.2) is 4.79 Å². The Morgan fingerprint density at radius 3 is 2.38 bits per heavy atom. The van der Waals surface area contributed by atoms with Crippen LogP contribution in [0.15, 0.2) is 48.8 Å². The molecule has 5 heteroatoms. The van der Waals surface area contributed by atoms with Crippen LogP contribution in [0, 0.1) is 0 Å². The molecule has 0 aliphatic heterocycles. The van der Waals surface area contributed by atoms with E-state index in [4.69, 9.17) is 14.2 Å². The first-order valence-electron chi connectivity index (χ1n) is 9.13. The summed E-state index contributed by atoms with van der Waals surface area (Å²) >= 11 is 0. The second-order valence-corrected chi connectivity index (χ2v) is 6.03. The molecule has 0 N–H and O–H groups in total. The standard InChI is InChI=1S/C21H27NO4/c1-24-19-11-8-12-20(16-19)25-14-6-4-2-3-5-7-15-26-21(23)18-10-9-13-22-17-18/h8-13,16-17H,2-7,14-15H2,1H3. The number of unbranched alkanes of at least 4 members (excludes halogenated alkanes) is 5. The van der Waals surface area contributed by atoms with Crippen LogP contribution in [0.1, 0.15) is 48.9 Å². The number of aromatic nitrogens is 1. The summed E-state index contributed by atoms with van der Waals surface area (Å²) in [7, 11) is 1.65. The fourth-order valence-electron chi connectivity index (χ4n) is 2.52. The van der Waals surface area contributed by atoms with Gasteiger partial charge in [0.1, 0.15) is 11.5 Å². The van der Waals surface area contributed by atoms with Gasteiger partial charge in [-0.3, -0.25) is 4.98 Å². The quantitative estimate of drug-likeness (QED) is 0.408. The van der Waals surface area contributed by atoms with Crippen LogP contribution >= 0.6 is 0 Å². The van der Waals surface area contributed by atoms with E-state index < -0.39 is 0 Å². The number of ether oxygens (including phenoxy) is 3. The Bertz CT molecular complexity index is 645. The van der Waals surface area contributed by atoms with Gasteiger partial charge in [0.05, 0.1) is 25.9 Å². The van der Waals surface area contributed by atoms with E-state index in [0.29, 0.717) is 12.2 Å². The average Bonchev–Trinajstić information content (AvgIpc) is 2.70. The van der Waals surface area contributed by atoms with Crippen molar-refractivity contribution in [1.29, 1.82) is 0 Å². The zero-order chi connectivity index (χ0) is 18.5. The number of esters is 1. The predicted molar refractivity (Wildman–Crippen MR) is 101 cm³/mol. The highest BCUT2D eigenvalue weighted by Gasteiger charge is 2.05. The van der Waals surface area contributed by atoms with E-state index in [-0.39, 0.29) is 5.97 Å². The van der Waals surface area contributed by atoms with Crippen LogP contribution in [0.3, 0.4) is 0 Å². The van der Waals surface area contributed by atoms with Gasteiger partial charge in [-0.15, -0.1) is 0 Å². The number of benzene rings is 1. The van der Waals surface area contributed by atoms with Gasteiger partial charge < -0.3 is 14.2 Å². The third kappa shape index (κ3) is 7.55. The third-order valence-corrected chi connectivity index (χ3v) is 3.98. The number of carbonyl (C=O) groups excluding carboxylic acids is 1. The molecule has 2 rings (SSSR count). The normalized spacial score (nSPS) is 10.3. The van der Waals surface area contributed by atoms with Crippen molar-refractivity contribution >= 4 is 5.97 Å². The number of hydrogen-bond acceptors (Lipinski definition) is 5. The highest BCUT2D eigenvalue weighted by atomic mass is 16.5. The molecule has 26 heavy (non-hydrogen) atoms. The van der Waals surface area contributed by atoms with Gasteiger partial charge in [0.15, 0.2) is 0 Å². The molecular formula is C21H27NO4. The van der Waals surface area contributed by atoms with Gasteiger partial charge in [0.25, 0.3) is 0 Å². The molecule has 0 saturated carbocycles. The van der Waals surface area contributed by atoms with Crippen molar-refractivity contribution in [3.63, 3.8) is 0 Å². The Labute approximate surface area is 155 Å². The molecule has 0 spiro atoms. The Kier molecular flexibility index (Phi) is 9.05. The molecule has 0 radical (unpaired) electrons. The van der Waals surface area contributed by atoms with Crippen molar-refractivity contribution in [2.75, 3.05) is 20.3 Å². The second-order valence-electron chi connectivity index (χ2n) is 6.03. The molecule has 140 valence electrons. The zero-order valence-electron chi connectivity index (χ0n) is 15.4. The fraction of sp³-hybridized carbons (Fsp3) is 0.429. The minimum absolute atomic E-state index is 0.298. The van der Waals surface area contributed by atoms with Gasteiger partial charge in [-0.2, -0.15) is 0 Å². The summed E-state index contributed by atoms with van der Waals surface area (Å²) in [5.74, 6) is 1.36. The van der Waals surface area contributed by atoms with E-state index in [1.54, 1.807) is 25.4 Å². The van der Waals surface area contributed by atoms with Crippen LogP contribution in [0.2, 0.25) is 0 Å². The first-order valence-corrected chi connectivity index (χ1v) is 9.13. The molecular weight excluding hydrogens is 330 g/mol. The number of methoxy groups -OCH3 is 1. The Morgan fingerprint density at radius 2 is 1.65 bits per heavy atom. The van der Waals surface area contributed by atoms with Crippen molar-refractivity contribution in [3.8, 4) is 11.5 Å². The lowest BCUT2D eigenvalue weighted by atomic mass is 10.1. The van der Waals surface area contributed by atoms with Crippen molar-refractivity contribution in [2.45, 2.75) is 38.5 Å². The summed E-state index contributed by atoms with van der Waals surface area (Å²) in [6, 6.07) is 11.1. The van der Waals surface area contributed by atoms with Gasteiger partial charge in [-0.05, 0) is 37.1 Å². The van der Waals surface area contributed by atoms with Crippen molar-refractivity contribution in [1.82, 2.24) is 4.98 Å². The first kappa shape index (κ1) is 19.8. The summed E-state index contributed by atoms with van der Waals surface area (Å²) in [6.45, 7) is 1.18. The summed E-state index contributed by atoms with van der Waals surface area (Å²) in [6.07, 6.45) is 9.60. The Balaban J connectivity index is 1.43. The molecule has 2 aromatic rings. The predicted octanol–water partition coefficient (Wildman–Crippen LogP) is 4.67. The molecule has 1 aromatic carbocycles. The second kappa shape index (κ2) is 11.9. The van der Waals surface area contributed by atoms with Crippen LogP contribution in [0.25, 0.3) is 0 Å². The Hall–Kier alpha value is -2.56. The van der Waals surface area contributed by atoms with Gasteiger partial charge >= 0.3 is 5.97 Å². The third-order valence-electron chi connectivity index (χ3n) is 3.98. The smallest absolute Gasteiger partial charge is 0.339 e. The molecule has 0 bridgehead atoms. The van der Waals surface area contributed by atoms with Gasteiger partial charge in [0, 0.05) is 18.5 Å². The van der Waals surface area contributed by atoms with E-state index in [1.807, 2.05) is 24.3 Å². The van der Waals surface area contributed by atoms with Crippen LogP contribution in [0.5, 0.6) is 11.5 Å². The highest BCUT2D eigenvalue weighted by molar-refractivity contribution is 5.88. The molecule has 0 unspecified atom stereocenters. The summed E-state index contributed by atoms with van der Waals surface area (Å²) in [5, 5.41) is 0. The maximum Gasteiger partial charge on any atom is 0.339 e. The van der Waals surface area contributed by atoms with Gasteiger partial charge in [0.2, 0.25) is 0 Å². The molecule has 0 atom stereocenters. The maximum atomic E-state index is 11.7.